The molecule has 1 saturated heterocycles. The fourth-order valence-electron chi connectivity index (χ4n) is 4.38. The Morgan fingerprint density at radius 2 is 1.88 bits per heavy atom. The number of ether oxygens (including phenoxy) is 1. The van der Waals surface area contributed by atoms with Gasteiger partial charge in [0, 0.05) is 42.5 Å². The summed E-state index contributed by atoms with van der Waals surface area (Å²) in [4.78, 5) is 28.9. The van der Waals surface area contributed by atoms with Crippen LogP contribution in [0.15, 0.2) is 81.1 Å². The summed E-state index contributed by atoms with van der Waals surface area (Å²) in [5.74, 6) is -0.816. The van der Waals surface area contributed by atoms with Gasteiger partial charge in [0.1, 0.15) is 17.1 Å². The molecule has 3 heterocycles. The first kappa shape index (κ1) is 22.2. The molecule has 174 valence electrons. The fourth-order valence-corrected chi connectivity index (χ4v) is 5.82. The van der Waals surface area contributed by atoms with Crippen LogP contribution in [0.5, 0.6) is 0 Å². The number of nitrogens with zero attached hydrogens (tertiary/aromatic N) is 2. The van der Waals surface area contributed by atoms with Gasteiger partial charge in [-0.05, 0) is 41.8 Å². The lowest BCUT2D eigenvalue weighted by molar-refractivity contribution is -0.151. The summed E-state index contributed by atoms with van der Waals surface area (Å²) < 4.78 is 37.8. The predicted octanol–water partition coefficient (Wildman–Crippen LogP) is 3.49. The summed E-state index contributed by atoms with van der Waals surface area (Å²) in [5.41, 5.74) is 0.502. The van der Waals surface area contributed by atoms with E-state index in [9.17, 15) is 18.0 Å². The summed E-state index contributed by atoms with van der Waals surface area (Å²) in [6.07, 6.45) is 3.56. The molecular formula is C25H22N2O6S. The van der Waals surface area contributed by atoms with Crippen LogP contribution in [0.3, 0.4) is 0 Å². The molecule has 8 nitrogen and oxygen atoms in total. The van der Waals surface area contributed by atoms with Gasteiger partial charge in [-0.15, -0.1) is 0 Å². The summed E-state index contributed by atoms with van der Waals surface area (Å²) >= 11 is 0. The van der Waals surface area contributed by atoms with E-state index in [0.717, 1.165) is 16.2 Å². The minimum absolute atomic E-state index is 0.0663. The third-order valence-electron chi connectivity index (χ3n) is 6.14. The zero-order chi connectivity index (χ0) is 23.7. The molecule has 2 aromatic carbocycles. The number of sulfonamides is 1. The van der Waals surface area contributed by atoms with Gasteiger partial charge in [-0.25, -0.2) is 13.2 Å². The normalized spacial score (nSPS) is 15.5. The average molecular weight is 479 g/mol. The van der Waals surface area contributed by atoms with Crippen molar-refractivity contribution in [3.8, 4) is 0 Å². The molecule has 1 aliphatic rings. The third kappa shape index (κ3) is 4.20. The SMILES string of the molecule is O=C(OCc1cc(=O)oc2ccc3ccccc3c12)C1CCN(S(=O)(=O)c2cccnc2)CC1. The standard InChI is InChI=1S/C25H22N2O6S/c28-23-14-19(24-21-6-2-1-4-17(21)7-8-22(24)33-23)16-32-25(29)18-9-12-27(13-10-18)34(30,31)20-5-3-11-26-15-20/h1-8,11,14-15,18H,9-10,12-13,16H2. The quantitative estimate of drug-likeness (QED) is 0.246. The van der Waals surface area contributed by atoms with Gasteiger partial charge in [0.25, 0.3) is 0 Å². The van der Waals surface area contributed by atoms with Crippen LogP contribution >= 0.6 is 0 Å². The molecule has 1 aliphatic heterocycles. The van der Waals surface area contributed by atoms with Gasteiger partial charge in [-0.2, -0.15) is 4.31 Å². The van der Waals surface area contributed by atoms with E-state index in [0.29, 0.717) is 24.0 Å². The molecule has 0 N–H and O–H groups in total. The highest BCUT2D eigenvalue weighted by Crippen LogP contribution is 2.29. The largest absolute Gasteiger partial charge is 0.461 e. The Morgan fingerprint density at radius 3 is 2.65 bits per heavy atom. The van der Waals surface area contributed by atoms with Gasteiger partial charge in [0.05, 0.1) is 5.92 Å². The Kier molecular flexibility index (Phi) is 5.89. The molecule has 2 aromatic heterocycles. The Hall–Kier alpha value is -3.56. The van der Waals surface area contributed by atoms with E-state index in [1.807, 2.05) is 30.3 Å². The van der Waals surface area contributed by atoms with Gasteiger partial charge < -0.3 is 9.15 Å². The monoisotopic (exact) mass is 478 g/mol. The van der Waals surface area contributed by atoms with Crippen molar-refractivity contribution in [2.75, 3.05) is 13.1 Å². The second-order valence-electron chi connectivity index (χ2n) is 8.23. The average Bonchev–Trinajstić information content (AvgIpc) is 2.87. The molecule has 0 amide bonds. The van der Waals surface area contributed by atoms with E-state index >= 15 is 0 Å². The van der Waals surface area contributed by atoms with Crippen molar-refractivity contribution in [2.45, 2.75) is 24.3 Å². The lowest BCUT2D eigenvalue weighted by Gasteiger charge is -2.30. The van der Waals surface area contributed by atoms with Gasteiger partial charge in [0.15, 0.2) is 0 Å². The van der Waals surface area contributed by atoms with Crippen LogP contribution in [-0.4, -0.2) is 36.8 Å². The van der Waals surface area contributed by atoms with Crippen LogP contribution in [0.25, 0.3) is 21.7 Å². The van der Waals surface area contributed by atoms with Gasteiger partial charge >= 0.3 is 11.6 Å². The van der Waals surface area contributed by atoms with Gasteiger partial charge in [0.2, 0.25) is 10.0 Å². The maximum absolute atomic E-state index is 12.8. The van der Waals surface area contributed by atoms with Crippen molar-refractivity contribution in [1.29, 1.82) is 0 Å². The highest BCUT2D eigenvalue weighted by molar-refractivity contribution is 7.89. The molecule has 0 bridgehead atoms. The van der Waals surface area contributed by atoms with Crippen LogP contribution in [0, 0.1) is 5.92 Å². The number of hydrogen-bond acceptors (Lipinski definition) is 7. The number of hydrogen-bond donors (Lipinski definition) is 0. The Bertz CT molecular complexity index is 1520. The molecule has 9 heteroatoms. The third-order valence-corrected chi connectivity index (χ3v) is 8.03. The molecule has 34 heavy (non-hydrogen) atoms. The first-order valence-electron chi connectivity index (χ1n) is 10.9. The first-order valence-corrected chi connectivity index (χ1v) is 12.4. The number of piperidine rings is 1. The van der Waals surface area contributed by atoms with Crippen LogP contribution in [0.4, 0.5) is 0 Å². The van der Waals surface area contributed by atoms with Crippen LogP contribution in [-0.2, 0) is 26.2 Å². The minimum Gasteiger partial charge on any atom is -0.461 e. The van der Waals surface area contributed by atoms with E-state index in [-0.39, 0.29) is 24.6 Å². The number of benzene rings is 2. The summed E-state index contributed by atoms with van der Waals surface area (Å²) in [6, 6.07) is 15.8. The smallest absolute Gasteiger partial charge is 0.336 e. The van der Waals surface area contributed by atoms with E-state index in [1.165, 1.54) is 28.8 Å². The van der Waals surface area contributed by atoms with E-state index < -0.39 is 27.5 Å². The molecule has 4 aromatic rings. The fraction of sp³-hybridized carbons (Fsp3) is 0.240. The number of aromatic nitrogens is 1. The Labute approximate surface area is 195 Å². The lowest BCUT2D eigenvalue weighted by atomic mass is 9.98. The maximum atomic E-state index is 12.8. The number of fused-ring (bicyclic) bond motifs is 3. The summed E-state index contributed by atoms with van der Waals surface area (Å²) in [6.45, 7) is 0.377. The van der Waals surface area contributed by atoms with E-state index in [4.69, 9.17) is 9.15 Å². The molecule has 5 rings (SSSR count). The second-order valence-corrected chi connectivity index (χ2v) is 10.2. The molecule has 0 atom stereocenters. The number of pyridine rings is 1. The van der Waals surface area contributed by atoms with Crippen molar-refractivity contribution in [3.05, 3.63) is 83.0 Å². The van der Waals surface area contributed by atoms with E-state index in [2.05, 4.69) is 4.98 Å². The van der Waals surface area contributed by atoms with Crippen LogP contribution in [0.1, 0.15) is 18.4 Å². The van der Waals surface area contributed by atoms with Crippen molar-refractivity contribution >= 4 is 37.7 Å². The maximum Gasteiger partial charge on any atom is 0.336 e. The van der Waals surface area contributed by atoms with Gasteiger partial charge in [-0.3, -0.25) is 9.78 Å². The van der Waals surface area contributed by atoms with Crippen molar-refractivity contribution < 1.29 is 22.4 Å². The first-order chi connectivity index (χ1) is 16.4. The Morgan fingerprint density at radius 1 is 1.09 bits per heavy atom. The van der Waals surface area contributed by atoms with Crippen molar-refractivity contribution in [3.63, 3.8) is 0 Å². The number of carbonyl (C=O) groups excluding carboxylic acids is 1. The molecule has 0 unspecified atom stereocenters. The highest BCUT2D eigenvalue weighted by Gasteiger charge is 2.33. The topological polar surface area (TPSA) is 107 Å². The number of esters is 1. The van der Waals surface area contributed by atoms with Gasteiger partial charge in [-0.1, -0.05) is 30.3 Å². The Balaban J connectivity index is 1.29. The molecule has 0 saturated carbocycles. The molecule has 0 radical (unpaired) electrons. The summed E-state index contributed by atoms with van der Waals surface area (Å²) in [7, 11) is -3.64. The number of rotatable bonds is 5. The lowest BCUT2D eigenvalue weighted by Crippen LogP contribution is -2.40. The summed E-state index contributed by atoms with van der Waals surface area (Å²) in [5, 5.41) is 2.63. The predicted molar refractivity (Wildman–Crippen MR) is 126 cm³/mol. The number of carbonyl (C=O) groups is 1. The van der Waals surface area contributed by atoms with Crippen LogP contribution in [0.2, 0.25) is 0 Å². The zero-order valence-corrected chi connectivity index (χ0v) is 19.0. The molecule has 1 fully saturated rings. The van der Waals surface area contributed by atoms with E-state index in [1.54, 1.807) is 12.1 Å². The van der Waals surface area contributed by atoms with Crippen molar-refractivity contribution in [2.24, 2.45) is 5.92 Å². The molecule has 0 aliphatic carbocycles. The molecule has 0 spiro atoms. The highest BCUT2D eigenvalue weighted by atomic mass is 32.2. The van der Waals surface area contributed by atoms with Crippen LogP contribution < -0.4 is 5.63 Å². The molecular weight excluding hydrogens is 456 g/mol. The zero-order valence-electron chi connectivity index (χ0n) is 18.2. The second kappa shape index (κ2) is 9.00. The minimum atomic E-state index is -3.64. The van der Waals surface area contributed by atoms with Crippen molar-refractivity contribution in [1.82, 2.24) is 9.29 Å².